The van der Waals surface area contributed by atoms with Gasteiger partial charge in [0.15, 0.2) is 11.6 Å². The zero-order chi connectivity index (χ0) is 19.7. The van der Waals surface area contributed by atoms with E-state index in [0.717, 1.165) is 0 Å². The molecule has 0 unspecified atom stereocenters. The number of primary amides is 1. The molecule has 140 valence electrons. The van der Waals surface area contributed by atoms with Crippen LogP contribution in [0.1, 0.15) is 41.8 Å². The van der Waals surface area contributed by atoms with Crippen molar-refractivity contribution >= 4 is 29.0 Å². The Balaban J connectivity index is 2.10. The maximum Gasteiger partial charge on any atom is 0.254 e. The van der Waals surface area contributed by atoms with Gasteiger partial charge in [-0.05, 0) is 18.4 Å². The number of anilines is 1. The summed E-state index contributed by atoms with van der Waals surface area (Å²) in [5, 5.41) is 16.1. The first kappa shape index (κ1) is 18.8. The lowest BCUT2D eigenvalue weighted by atomic mass is 10.0. The highest BCUT2D eigenvalue weighted by Gasteiger charge is 2.31. The van der Waals surface area contributed by atoms with Gasteiger partial charge in [-0.1, -0.05) is 13.8 Å². The molecule has 9 heteroatoms. The molecule has 0 radical (unpaired) electrons. The molecule has 2 amide bonds. The maximum atomic E-state index is 15.0. The maximum absolute atomic E-state index is 15.0. The van der Waals surface area contributed by atoms with Crippen molar-refractivity contribution in [1.29, 1.82) is 5.26 Å². The predicted octanol–water partition coefficient (Wildman–Crippen LogP) is 2.38. The molecule has 4 N–H and O–H groups in total. The van der Waals surface area contributed by atoms with Crippen LogP contribution in [0.2, 0.25) is 0 Å². The Morgan fingerprint density at radius 1 is 1.56 bits per heavy atom. The minimum atomic E-state index is -0.791. The Morgan fingerprint density at radius 2 is 2.30 bits per heavy atom. The average Bonchev–Trinajstić information content (AvgIpc) is 3.23. The summed E-state index contributed by atoms with van der Waals surface area (Å²) in [6.45, 7) is 3.88. The highest BCUT2D eigenvalue weighted by Crippen LogP contribution is 2.35. The molecule has 0 aromatic carbocycles. The van der Waals surface area contributed by atoms with E-state index in [-0.39, 0.29) is 35.1 Å². The number of nitrogens with two attached hydrogens (primary N) is 1. The SMILES string of the molecule is CC(C)C[C@@H](Nc1nc(-c2cc(C#N)cs2)c2c(c1F)CNC2=O)C(N)=O. The van der Waals surface area contributed by atoms with E-state index in [1.165, 1.54) is 11.3 Å². The van der Waals surface area contributed by atoms with Crippen LogP contribution in [0.3, 0.4) is 0 Å². The van der Waals surface area contributed by atoms with Crippen LogP contribution in [0, 0.1) is 23.1 Å². The van der Waals surface area contributed by atoms with Gasteiger partial charge in [0.1, 0.15) is 12.1 Å². The minimum absolute atomic E-state index is 0.0338. The summed E-state index contributed by atoms with van der Waals surface area (Å²) in [6, 6.07) is 2.83. The van der Waals surface area contributed by atoms with Crippen molar-refractivity contribution in [3.8, 4) is 16.6 Å². The fourth-order valence-electron chi connectivity index (χ4n) is 2.96. The highest BCUT2D eigenvalue weighted by molar-refractivity contribution is 7.13. The number of carbonyl (C=O) groups is 2. The van der Waals surface area contributed by atoms with Gasteiger partial charge in [0.05, 0.1) is 21.7 Å². The topological polar surface area (TPSA) is 121 Å². The van der Waals surface area contributed by atoms with Gasteiger partial charge in [0.25, 0.3) is 5.91 Å². The van der Waals surface area contributed by atoms with Crippen molar-refractivity contribution in [2.24, 2.45) is 11.7 Å². The zero-order valence-corrected chi connectivity index (χ0v) is 15.6. The van der Waals surface area contributed by atoms with Gasteiger partial charge in [0.2, 0.25) is 5.91 Å². The molecule has 0 aliphatic carbocycles. The van der Waals surface area contributed by atoms with Crippen molar-refractivity contribution < 1.29 is 14.0 Å². The van der Waals surface area contributed by atoms with Crippen LogP contribution in [-0.4, -0.2) is 22.8 Å². The van der Waals surface area contributed by atoms with Gasteiger partial charge < -0.3 is 16.4 Å². The molecule has 2 aromatic heterocycles. The second-order valence-electron chi connectivity index (χ2n) is 6.70. The Labute approximate surface area is 159 Å². The molecule has 1 atom stereocenters. The monoisotopic (exact) mass is 387 g/mol. The summed E-state index contributed by atoms with van der Waals surface area (Å²) >= 11 is 1.24. The molecule has 27 heavy (non-hydrogen) atoms. The number of aromatic nitrogens is 1. The Morgan fingerprint density at radius 3 is 2.89 bits per heavy atom. The van der Waals surface area contributed by atoms with Crippen LogP contribution in [-0.2, 0) is 11.3 Å². The summed E-state index contributed by atoms with van der Waals surface area (Å²) in [5.74, 6) is -1.68. The van der Waals surface area contributed by atoms with Crippen molar-refractivity contribution in [2.75, 3.05) is 5.32 Å². The molecule has 2 aromatic rings. The summed E-state index contributed by atoms with van der Waals surface area (Å²) in [4.78, 5) is 28.8. The number of nitriles is 1. The molecule has 1 aliphatic rings. The smallest absolute Gasteiger partial charge is 0.254 e. The van der Waals surface area contributed by atoms with E-state index >= 15 is 0 Å². The lowest BCUT2D eigenvalue weighted by Crippen LogP contribution is -2.37. The third-order valence-electron chi connectivity index (χ3n) is 4.21. The number of rotatable bonds is 6. The third-order valence-corrected chi connectivity index (χ3v) is 5.15. The Bertz CT molecular complexity index is 963. The van der Waals surface area contributed by atoms with Crippen LogP contribution in [0.25, 0.3) is 10.6 Å². The first-order valence-electron chi connectivity index (χ1n) is 8.37. The first-order valence-corrected chi connectivity index (χ1v) is 9.25. The number of carbonyl (C=O) groups excluding carboxylic acids is 2. The Hall–Kier alpha value is -2.99. The number of thiophene rings is 1. The van der Waals surface area contributed by atoms with Gasteiger partial charge in [-0.2, -0.15) is 5.26 Å². The molecule has 3 heterocycles. The molecule has 0 bridgehead atoms. The number of amides is 2. The van der Waals surface area contributed by atoms with Gasteiger partial charge >= 0.3 is 0 Å². The summed E-state index contributed by atoms with van der Waals surface area (Å²) in [7, 11) is 0. The quantitative estimate of drug-likeness (QED) is 0.703. The van der Waals surface area contributed by atoms with Gasteiger partial charge in [-0.15, -0.1) is 11.3 Å². The standard InChI is InChI=1S/C18H18FN5O2S/c1-8(2)3-11(16(21)25)23-17-14(19)10-6-22-18(26)13(10)15(24-17)12-4-9(5-20)7-27-12/h4,7-8,11H,3,6H2,1-2H3,(H2,21,25)(H,22,26)(H,23,24)/t11-/m1/s1. The number of halogens is 1. The number of fused-ring (bicyclic) bond motifs is 1. The molecule has 7 nitrogen and oxygen atoms in total. The van der Waals surface area contributed by atoms with Gasteiger partial charge in [-0.25, -0.2) is 9.37 Å². The van der Waals surface area contributed by atoms with Gasteiger partial charge in [0, 0.05) is 17.5 Å². The molecular weight excluding hydrogens is 369 g/mol. The fourth-order valence-corrected chi connectivity index (χ4v) is 3.78. The Kier molecular flexibility index (Phi) is 5.10. The van der Waals surface area contributed by atoms with Crippen LogP contribution in [0.4, 0.5) is 10.2 Å². The van der Waals surface area contributed by atoms with E-state index in [2.05, 4.69) is 15.6 Å². The molecule has 0 fully saturated rings. The van der Waals surface area contributed by atoms with E-state index in [1.807, 2.05) is 19.9 Å². The number of pyridine rings is 1. The van der Waals surface area contributed by atoms with E-state index in [9.17, 15) is 14.0 Å². The largest absolute Gasteiger partial charge is 0.368 e. The predicted molar refractivity (Wildman–Crippen MR) is 99.5 cm³/mol. The number of hydrogen-bond donors (Lipinski definition) is 3. The molecule has 0 saturated carbocycles. The van der Waals surface area contributed by atoms with Crippen molar-refractivity contribution in [3.63, 3.8) is 0 Å². The normalized spacial score (nSPS) is 13.8. The number of nitrogens with one attached hydrogen (secondary N) is 2. The van der Waals surface area contributed by atoms with Crippen LogP contribution < -0.4 is 16.4 Å². The lowest BCUT2D eigenvalue weighted by molar-refractivity contribution is -0.119. The second-order valence-corrected chi connectivity index (χ2v) is 7.61. The van der Waals surface area contributed by atoms with Crippen LogP contribution in [0.15, 0.2) is 11.4 Å². The van der Waals surface area contributed by atoms with Gasteiger partial charge in [-0.3, -0.25) is 9.59 Å². The zero-order valence-electron chi connectivity index (χ0n) is 14.8. The highest BCUT2D eigenvalue weighted by atomic mass is 32.1. The summed E-state index contributed by atoms with van der Waals surface area (Å²) < 4.78 is 15.0. The van der Waals surface area contributed by atoms with Crippen molar-refractivity contribution in [3.05, 3.63) is 34.0 Å². The molecular formula is C18H18FN5O2S. The number of hydrogen-bond acceptors (Lipinski definition) is 6. The average molecular weight is 387 g/mol. The molecule has 0 saturated heterocycles. The van der Waals surface area contributed by atoms with E-state index in [0.29, 0.717) is 16.9 Å². The van der Waals surface area contributed by atoms with Crippen molar-refractivity contribution in [1.82, 2.24) is 10.3 Å². The van der Waals surface area contributed by atoms with Crippen molar-refractivity contribution in [2.45, 2.75) is 32.9 Å². The molecule has 0 spiro atoms. The third kappa shape index (κ3) is 3.61. The van der Waals surface area contributed by atoms with E-state index in [1.54, 1.807) is 11.4 Å². The number of nitrogens with zero attached hydrogens (tertiary/aromatic N) is 2. The second kappa shape index (κ2) is 7.32. The molecule has 1 aliphatic heterocycles. The summed E-state index contributed by atoms with van der Waals surface area (Å²) in [6.07, 6.45) is 0.414. The lowest BCUT2D eigenvalue weighted by Gasteiger charge is -2.19. The summed E-state index contributed by atoms with van der Waals surface area (Å²) in [5.41, 5.74) is 6.49. The molecule has 3 rings (SSSR count). The first-order chi connectivity index (χ1) is 12.8. The fraction of sp³-hybridized carbons (Fsp3) is 0.333. The van der Waals surface area contributed by atoms with Crippen LogP contribution in [0.5, 0.6) is 0 Å². The minimum Gasteiger partial charge on any atom is -0.368 e. The van der Waals surface area contributed by atoms with E-state index < -0.39 is 23.7 Å². The van der Waals surface area contributed by atoms with E-state index in [4.69, 9.17) is 11.0 Å². The van der Waals surface area contributed by atoms with Crippen LogP contribution >= 0.6 is 11.3 Å².